The van der Waals surface area contributed by atoms with Crippen LogP contribution in [0.3, 0.4) is 0 Å². The van der Waals surface area contributed by atoms with Gasteiger partial charge in [0.05, 0.1) is 6.07 Å². The highest BCUT2D eigenvalue weighted by Crippen LogP contribution is 2.25. The molecule has 7 heteroatoms. The minimum absolute atomic E-state index is 0.0482. The fraction of sp³-hybridized carbons (Fsp3) is 0.364. The molecule has 1 atom stereocenters. The van der Waals surface area contributed by atoms with Gasteiger partial charge in [-0.15, -0.1) is 0 Å². The maximum atomic E-state index is 12.9. The molecule has 1 N–H and O–H groups in total. The van der Waals surface area contributed by atoms with E-state index in [9.17, 15) is 17.6 Å². The molecule has 0 amide bonds. The third-order valence-corrected chi connectivity index (χ3v) is 3.00. The van der Waals surface area contributed by atoms with Crippen LogP contribution in [-0.2, 0) is 6.54 Å². The number of alkyl halides is 3. The highest BCUT2D eigenvalue weighted by Gasteiger charge is 2.39. The monoisotopic (exact) mass is 324 g/mol. The average molecular weight is 325 g/mol. The lowest BCUT2D eigenvalue weighted by atomic mass is 10.1. The average Bonchev–Trinajstić information content (AvgIpc) is 2.27. The van der Waals surface area contributed by atoms with Crippen LogP contribution in [-0.4, -0.2) is 12.7 Å². The Hall–Kier alpha value is -1.13. The zero-order chi connectivity index (χ0) is 13.8. The van der Waals surface area contributed by atoms with Crippen molar-refractivity contribution in [2.75, 3.05) is 6.54 Å². The zero-order valence-electron chi connectivity index (χ0n) is 9.06. The summed E-state index contributed by atoms with van der Waals surface area (Å²) in [7, 11) is 0. The smallest absolute Gasteiger partial charge is 0.311 e. The maximum absolute atomic E-state index is 12.9. The Morgan fingerprint density at radius 2 is 2.06 bits per heavy atom. The zero-order valence-corrected chi connectivity index (χ0v) is 10.6. The van der Waals surface area contributed by atoms with Crippen molar-refractivity contribution in [2.24, 2.45) is 5.92 Å². The van der Waals surface area contributed by atoms with Gasteiger partial charge in [0.15, 0.2) is 5.92 Å². The van der Waals surface area contributed by atoms with Gasteiger partial charge in [-0.3, -0.25) is 0 Å². The summed E-state index contributed by atoms with van der Waals surface area (Å²) in [6.07, 6.45) is -4.55. The molecular weight excluding hydrogens is 316 g/mol. The largest absolute Gasteiger partial charge is 0.405 e. The molecule has 0 bridgehead atoms. The molecule has 1 aromatic rings. The summed E-state index contributed by atoms with van der Waals surface area (Å²) in [5, 5.41) is 10.9. The Kier molecular flexibility index (Phi) is 5.11. The topological polar surface area (TPSA) is 35.8 Å². The van der Waals surface area contributed by atoms with E-state index in [1.54, 1.807) is 0 Å². The number of halogens is 5. The maximum Gasteiger partial charge on any atom is 0.405 e. The summed E-state index contributed by atoms with van der Waals surface area (Å²) in [4.78, 5) is 0. The third-order valence-electron chi connectivity index (χ3n) is 2.22. The van der Waals surface area contributed by atoms with E-state index >= 15 is 0 Å². The molecule has 0 spiro atoms. The van der Waals surface area contributed by atoms with Crippen molar-refractivity contribution in [1.82, 2.24) is 5.32 Å². The lowest BCUT2D eigenvalue weighted by molar-refractivity contribution is -0.157. The van der Waals surface area contributed by atoms with Gasteiger partial charge in [-0.25, -0.2) is 4.39 Å². The minimum atomic E-state index is -4.55. The van der Waals surface area contributed by atoms with Crippen LogP contribution in [0.5, 0.6) is 0 Å². The molecule has 0 saturated carbocycles. The fourth-order valence-electron chi connectivity index (χ4n) is 1.26. The van der Waals surface area contributed by atoms with Gasteiger partial charge in [0.1, 0.15) is 5.82 Å². The first-order chi connectivity index (χ1) is 8.34. The molecule has 0 radical (unpaired) electrons. The predicted octanol–water partition coefficient (Wildman–Crippen LogP) is 3.38. The van der Waals surface area contributed by atoms with Gasteiger partial charge in [0, 0.05) is 17.6 Å². The van der Waals surface area contributed by atoms with Gasteiger partial charge in [0.25, 0.3) is 0 Å². The van der Waals surface area contributed by atoms with Crippen LogP contribution in [0, 0.1) is 23.1 Å². The minimum Gasteiger partial charge on any atom is -0.311 e. The lowest BCUT2D eigenvalue weighted by Crippen LogP contribution is -2.32. The summed E-state index contributed by atoms with van der Waals surface area (Å²) in [5.41, 5.74) is 0.494. The Morgan fingerprint density at radius 1 is 1.39 bits per heavy atom. The Balaban J connectivity index is 2.56. The van der Waals surface area contributed by atoms with E-state index in [1.165, 1.54) is 24.3 Å². The summed E-state index contributed by atoms with van der Waals surface area (Å²) < 4.78 is 50.3. The first kappa shape index (κ1) is 14.9. The van der Waals surface area contributed by atoms with Crippen molar-refractivity contribution in [3.63, 3.8) is 0 Å². The van der Waals surface area contributed by atoms with Crippen molar-refractivity contribution in [1.29, 1.82) is 5.26 Å². The standard InChI is InChI=1S/C11H9BrF4N2/c12-10-2-1-9(13)3-7(10)5-18-6-8(4-17)11(14,15)16/h1-3,8,18H,5-6H2. The van der Waals surface area contributed by atoms with Crippen molar-refractivity contribution >= 4 is 15.9 Å². The number of nitrogens with zero attached hydrogens (tertiary/aromatic N) is 1. The molecular formula is C11H9BrF4N2. The van der Waals surface area contributed by atoms with Crippen LogP contribution in [0.1, 0.15) is 5.56 Å². The molecule has 18 heavy (non-hydrogen) atoms. The van der Waals surface area contributed by atoms with Crippen LogP contribution in [0.4, 0.5) is 17.6 Å². The third kappa shape index (κ3) is 4.27. The Bertz CT molecular complexity index is 453. The Labute approximate surface area is 110 Å². The van der Waals surface area contributed by atoms with Gasteiger partial charge >= 0.3 is 6.18 Å². The summed E-state index contributed by atoms with van der Waals surface area (Å²) in [5.74, 6) is -2.53. The molecule has 0 aliphatic heterocycles. The number of nitriles is 1. The van der Waals surface area contributed by atoms with Gasteiger partial charge in [-0.2, -0.15) is 18.4 Å². The highest BCUT2D eigenvalue weighted by atomic mass is 79.9. The predicted molar refractivity (Wildman–Crippen MR) is 61.0 cm³/mol. The molecule has 0 aromatic heterocycles. The van der Waals surface area contributed by atoms with E-state index in [0.717, 1.165) is 0 Å². The van der Waals surface area contributed by atoms with Crippen LogP contribution in [0.2, 0.25) is 0 Å². The summed E-state index contributed by atoms with van der Waals surface area (Å²) >= 11 is 3.16. The van der Waals surface area contributed by atoms with E-state index in [2.05, 4.69) is 21.2 Å². The van der Waals surface area contributed by atoms with Crippen molar-refractivity contribution in [3.05, 3.63) is 34.1 Å². The normalized spacial score (nSPS) is 13.1. The number of nitrogens with one attached hydrogen (secondary N) is 1. The van der Waals surface area contributed by atoms with Gasteiger partial charge in [-0.05, 0) is 23.8 Å². The molecule has 0 heterocycles. The van der Waals surface area contributed by atoms with Gasteiger partial charge < -0.3 is 5.32 Å². The molecule has 0 saturated heterocycles. The van der Waals surface area contributed by atoms with E-state index in [4.69, 9.17) is 5.26 Å². The van der Waals surface area contributed by atoms with Crippen LogP contribution < -0.4 is 5.32 Å². The highest BCUT2D eigenvalue weighted by molar-refractivity contribution is 9.10. The molecule has 98 valence electrons. The number of hydrogen-bond donors (Lipinski definition) is 1. The SMILES string of the molecule is N#CC(CNCc1cc(F)ccc1Br)C(F)(F)F. The van der Waals surface area contributed by atoms with Crippen molar-refractivity contribution in [3.8, 4) is 6.07 Å². The first-order valence-electron chi connectivity index (χ1n) is 4.95. The molecule has 1 aromatic carbocycles. The molecule has 1 rings (SSSR count). The van der Waals surface area contributed by atoms with Crippen molar-refractivity contribution < 1.29 is 17.6 Å². The second kappa shape index (κ2) is 6.16. The second-order valence-corrected chi connectivity index (χ2v) is 4.44. The van der Waals surface area contributed by atoms with Gasteiger partial charge in [0.2, 0.25) is 0 Å². The second-order valence-electron chi connectivity index (χ2n) is 3.59. The lowest BCUT2D eigenvalue weighted by Gasteiger charge is -2.14. The summed E-state index contributed by atoms with van der Waals surface area (Å²) in [6.45, 7) is -0.477. The molecule has 0 aliphatic carbocycles. The molecule has 0 fully saturated rings. The van der Waals surface area contributed by atoms with Crippen LogP contribution in [0.25, 0.3) is 0 Å². The quantitative estimate of drug-likeness (QED) is 0.862. The van der Waals surface area contributed by atoms with E-state index in [1.807, 2.05) is 0 Å². The van der Waals surface area contributed by atoms with E-state index in [0.29, 0.717) is 10.0 Å². The molecule has 2 nitrogen and oxygen atoms in total. The molecule has 0 aliphatic rings. The van der Waals surface area contributed by atoms with E-state index < -0.39 is 24.5 Å². The number of benzene rings is 1. The Morgan fingerprint density at radius 3 is 2.61 bits per heavy atom. The van der Waals surface area contributed by atoms with Crippen molar-refractivity contribution in [2.45, 2.75) is 12.7 Å². The number of hydrogen-bond acceptors (Lipinski definition) is 2. The van der Waals surface area contributed by atoms with E-state index in [-0.39, 0.29) is 6.54 Å². The fourth-order valence-corrected chi connectivity index (χ4v) is 1.65. The molecule has 1 unspecified atom stereocenters. The van der Waals surface area contributed by atoms with Gasteiger partial charge in [-0.1, -0.05) is 15.9 Å². The number of rotatable bonds is 4. The van der Waals surface area contributed by atoms with Crippen LogP contribution in [0.15, 0.2) is 22.7 Å². The first-order valence-corrected chi connectivity index (χ1v) is 5.75. The summed E-state index contributed by atoms with van der Waals surface area (Å²) in [6, 6.07) is 5.10. The van der Waals surface area contributed by atoms with Crippen LogP contribution >= 0.6 is 15.9 Å².